The van der Waals surface area contributed by atoms with Crippen LogP contribution in [0.4, 0.5) is 0 Å². The molecule has 0 spiro atoms. The molecule has 0 aliphatic carbocycles. The second-order valence-electron chi connectivity index (χ2n) is 3.78. The van der Waals surface area contributed by atoms with E-state index in [9.17, 15) is 4.79 Å². The highest BCUT2D eigenvalue weighted by atomic mass is 16.5. The van der Waals surface area contributed by atoms with Gasteiger partial charge in [0, 0.05) is 25.6 Å². The van der Waals surface area contributed by atoms with Gasteiger partial charge >= 0.3 is 0 Å². The second-order valence-corrected chi connectivity index (χ2v) is 3.78. The van der Waals surface area contributed by atoms with Crippen LogP contribution in [0.5, 0.6) is 0 Å². The number of aromatic nitrogens is 1. The number of methoxy groups -OCH3 is 1. The van der Waals surface area contributed by atoms with E-state index in [0.717, 1.165) is 0 Å². The van der Waals surface area contributed by atoms with Gasteiger partial charge in [-0.25, -0.2) is 0 Å². The molecule has 0 aliphatic rings. The molecule has 0 bridgehead atoms. The van der Waals surface area contributed by atoms with Crippen LogP contribution in [0.1, 0.15) is 29.6 Å². The minimum atomic E-state index is -0.389. The fourth-order valence-corrected chi connectivity index (χ4v) is 1.33. The lowest BCUT2D eigenvalue weighted by atomic mass is 10.2. The number of carbonyl (C=O) groups is 1. The van der Waals surface area contributed by atoms with Crippen LogP contribution in [0.3, 0.4) is 0 Å². The summed E-state index contributed by atoms with van der Waals surface area (Å²) in [4.78, 5) is 11.7. The van der Waals surface area contributed by atoms with Gasteiger partial charge in [0.05, 0.1) is 0 Å². The first-order valence-corrected chi connectivity index (χ1v) is 5.28. The molecule has 100 valence electrons. The predicted molar refractivity (Wildman–Crippen MR) is 62.2 cm³/mol. The molecule has 1 aromatic heterocycles. The van der Waals surface area contributed by atoms with E-state index in [0.29, 0.717) is 5.76 Å². The molecule has 0 radical (unpaired) electrons. The summed E-state index contributed by atoms with van der Waals surface area (Å²) in [6, 6.07) is 1.21. The molecule has 1 atom stereocenters. The Hall–Kier alpha value is -2.09. The highest BCUT2D eigenvalue weighted by molar-refractivity contribution is 5.92. The predicted octanol–water partition coefficient (Wildman–Crippen LogP) is 0.0758. The summed E-state index contributed by atoms with van der Waals surface area (Å²) in [7, 11) is 1.52. The molecule has 0 aliphatic heterocycles. The number of amidine groups is 1. The maximum atomic E-state index is 11.7. The monoisotopic (exact) mass is 256 g/mol. The lowest BCUT2D eigenvalue weighted by Crippen LogP contribution is -2.35. The van der Waals surface area contributed by atoms with Crippen LogP contribution in [0.2, 0.25) is 0 Å². The average Bonchev–Trinajstić information content (AvgIpc) is 2.77. The molecule has 0 saturated carbocycles. The summed E-state index contributed by atoms with van der Waals surface area (Å²) >= 11 is 0. The van der Waals surface area contributed by atoms with Gasteiger partial charge in [0.1, 0.15) is 12.4 Å². The number of nitrogens with one attached hydrogen (secondary N) is 1. The molecule has 0 saturated heterocycles. The zero-order valence-corrected chi connectivity index (χ0v) is 10.2. The van der Waals surface area contributed by atoms with Crippen LogP contribution >= 0.6 is 0 Å². The molecule has 0 fully saturated rings. The van der Waals surface area contributed by atoms with Gasteiger partial charge in [0.2, 0.25) is 0 Å². The molecule has 0 aromatic carbocycles. The van der Waals surface area contributed by atoms with Crippen LogP contribution in [0.25, 0.3) is 0 Å². The minimum absolute atomic E-state index is 0.0445. The largest absolute Gasteiger partial charge is 0.409 e. The molecule has 1 unspecified atom stereocenters. The van der Waals surface area contributed by atoms with Crippen molar-refractivity contribution >= 4 is 11.7 Å². The van der Waals surface area contributed by atoms with Crippen LogP contribution in [-0.2, 0) is 11.3 Å². The zero-order chi connectivity index (χ0) is 13.5. The number of hydrogen-bond donors (Lipinski definition) is 3. The molecule has 8 heteroatoms. The molecule has 18 heavy (non-hydrogen) atoms. The Balaban J connectivity index is 2.53. The maximum Gasteiger partial charge on any atom is 0.273 e. The van der Waals surface area contributed by atoms with Crippen LogP contribution < -0.4 is 11.1 Å². The van der Waals surface area contributed by atoms with E-state index in [1.165, 1.54) is 13.2 Å². The minimum Gasteiger partial charge on any atom is -0.409 e. The SMILES string of the molecule is COCc1cc(C(=O)NC(C)CC(N)=NO)no1. The normalized spacial score (nSPS) is 13.3. The standard InChI is InChI=1S/C10H16N4O4/c1-6(3-9(11)13-16)12-10(15)8-4-7(5-17-2)18-14-8/h4,6,16H,3,5H2,1-2H3,(H2,11,13)(H,12,15). The van der Waals surface area contributed by atoms with Gasteiger partial charge in [-0.2, -0.15) is 0 Å². The number of ether oxygens (including phenoxy) is 1. The van der Waals surface area contributed by atoms with Gasteiger partial charge in [0.15, 0.2) is 11.5 Å². The Morgan fingerprint density at radius 3 is 3.11 bits per heavy atom. The number of nitrogens with two attached hydrogens (primary N) is 1. The van der Waals surface area contributed by atoms with Gasteiger partial charge in [-0.15, -0.1) is 0 Å². The summed E-state index contributed by atoms with van der Waals surface area (Å²) in [6.45, 7) is 1.98. The van der Waals surface area contributed by atoms with Crippen LogP contribution in [0, 0.1) is 0 Å². The molecular weight excluding hydrogens is 240 g/mol. The number of hydrogen-bond acceptors (Lipinski definition) is 6. The summed E-state index contributed by atoms with van der Waals surface area (Å²) in [6.07, 6.45) is 0.241. The molecular formula is C10H16N4O4. The molecule has 1 heterocycles. The van der Waals surface area contributed by atoms with Crippen molar-refractivity contribution in [2.75, 3.05) is 7.11 Å². The second kappa shape index (κ2) is 6.60. The third kappa shape index (κ3) is 4.06. The Bertz CT molecular complexity index is 429. The van der Waals surface area contributed by atoms with Crippen LogP contribution in [-0.4, -0.2) is 35.3 Å². The molecule has 8 nitrogen and oxygen atoms in total. The first-order valence-electron chi connectivity index (χ1n) is 5.28. The van der Waals surface area contributed by atoms with Gasteiger partial charge in [-0.05, 0) is 6.92 Å². The quantitative estimate of drug-likeness (QED) is 0.286. The third-order valence-electron chi connectivity index (χ3n) is 2.10. The van der Waals surface area contributed by atoms with Crippen LogP contribution in [0.15, 0.2) is 15.7 Å². The van der Waals surface area contributed by atoms with E-state index in [1.807, 2.05) is 0 Å². The molecule has 1 rings (SSSR count). The number of rotatable bonds is 6. The highest BCUT2D eigenvalue weighted by Crippen LogP contribution is 2.05. The summed E-state index contributed by atoms with van der Waals surface area (Å²) in [5.74, 6) is 0.120. The van der Waals surface area contributed by atoms with Gasteiger partial charge in [-0.1, -0.05) is 10.3 Å². The van der Waals surface area contributed by atoms with Crippen molar-refractivity contribution in [1.82, 2.24) is 10.5 Å². The van der Waals surface area contributed by atoms with E-state index in [4.69, 9.17) is 20.2 Å². The van der Waals surface area contributed by atoms with Crippen molar-refractivity contribution in [3.63, 3.8) is 0 Å². The summed E-state index contributed by atoms with van der Waals surface area (Å²) < 4.78 is 9.73. The Morgan fingerprint density at radius 1 is 1.78 bits per heavy atom. The lowest BCUT2D eigenvalue weighted by Gasteiger charge is -2.11. The van der Waals surface area contributed by atoms with Crippen molar-refractivity contribution in [3.8, 4) is 0 Å². The first-order chi connectivity index (χ1) is 8.56. The fraction of sp³-hybridized carbons (Fsp3) is 0.500. The smallest absolute Gasteiger partial charge is 0.273 e. The van der Waals surface area contributed by atoms with Crippen molar-refractivity contribution in [2.45, 2.75) is 26.0 Å². The molecule has 1 amide bonds. The Kier molecular flexibility index (Phi) is 5.12. The Labute approximate surface area is 104 Å². The van der Waals surface area contributed by atoms with E-state index in [1.54, 1.807) is 6.92 Å². The summed E-state index contributed by atoms with van der Waals surface area (Å²) in [5, 5.41) is 17.5. The van der Waals surface area contributed by atoms with Gasteiger partial charge < -0.3 is 25.5 Å². The van der Waals surface area contributed by atoms with Crippen molar-refractivity contribution in [2.24, 2.45) is 10.9 Å². The highest BCUT2D eigenvalue weighted by Gasteiger charge is 2.15. The van der Waals surface area contributed by atoms with E-state index in [-0.39, 0.29) is 36.5 Å². The third-order valence-corrected chi connectivity index (χ3v) is 2.10. The number of carbonyl (C=O) groups excluding carboxylic acids is 1. The van der Waals surface area contributed by atoms with Crippen molar-refractivity contribution < 1.29 is 19.3 Å². The molecule has 1 aromatic rings. The first kappa shape index (κ1) is 14.0. The van der Waals surface area contributed by atoms with E-state index < -0.39 is 0 Å². The number of amides is 1. The summed E-state index contributed by atoms with van der Waals surface area (Å²) in [5.41, 5.74) is 5.49. The van der Waals surface area contributed by atoms with E-state index in [2.05, 4.69) is 15.6 Å². The Morgan fingerprint density at radius 2 is 2.50 bits per heavy atom. The van der Waals surface area contributed by atoms with Crippen molar-refractivity contribution in [1.29, 1.82) is 0 Å². The van der Waals surface area contributed by atoms with Crippen molar-refractivity contribution in [3.05, 3.63) is 17.5 Å². The average molecular weight is 256 g/mol. The lowest BCUT2D eigenvalue weighted by molar-refractivity contribution is 0.0931. The van der Waals surface area contributed by atoms with E-state index >= 15 is 0 Å². The molecule has 4 N–H and O–H groups in total. The fourth-order valence-electron chi connectivity index (χ4n) is 1.33. The topological polar surface area (TPSA) is 123 Å². The van der Waals surface area contributed by atoms with Gasteiger partial charge in [0.25, 0.3) is 5.91 Å². The number of oxime groups is 1. The zero-order valence-electron chi connectivity index (χ0n) is 10.2. The van der Waals surface area contributed by atoms with Gasteiger partial charge in [-0.3, -0.25) is 4.79 Å². The maximum absolute atomic E-state index is 11.7. The number of nitrogens with zero attached hydrogens (tertiary/aromatic N) is 2.